The molecule has 2 N–H and O–H groups in total. The zero-order valence-electron chi connectivity index (χ0n) is 14.0. The van der Waals surface area contributed by atoms with E-state index >= 15 is 0 Å². The van der Waals surface area contributed by atoms with Gasteiger partial charge in [0.1, 0.15) is 11.6 Å². The molecule has 0 unspecified atom stereocenters. The Labute approximate surface area is 145 Å². The lowest BCUT2D eigenvalue weighted by atomic mass is 10.1. The second-order valence-electron chi connectivity index (χ2n) is 6.32. The van der Waals surface area contributed by atoms with Crippen molar-refractivity contribution in [2.75, 3.05) is 43.9 Å². The van der Waals surface area contributed by atoms with Crippen molar-refractivity contribution in [3.05, 3.63) is 42.3 Å². The summed E-state index contributed by atoms with van der Waals surface area (Å²) < 4.78 is 13.3. The summed E-state index contributed by atoms with van der Waals surface area (Å²) in [6, 6.07) is 8.44. The number of rotatable bonds is 2. The van der Waals surface area contributed by atoms with E-state index in [0.29, 0.717) is 5.52 Å². The van der Waals surface area contributed by atoms with Crippen LogP contribution in [0.2, 0.25) is 0 Å². The lowest BCUT2D eigenvalue weighted by molar-refractivity contribution is 0.312. The lowest BCUT2D eigenvalue weighted by Crippen LogP contribution is -2.44. The lowest BCUT2D eigenvalue weighted by Gasteiger charge is -2.33. The number of hydrogen-bond donors (Lipinski definition) is 1. The van der Waals surface area contributed by atoms with Crippen LogP contribution in [0, 0.1) is 5.82 Å². The molecule has 0 spiro atoms. The fourth-order valence-corrected chi connectivity index (χ4v) is 3.03. The fourth-order valence-electron chi connectivity index (χ4n) is 3.03. The van der Waals surface area contributed by atoms with E-state index in [-0.39, 0.29) is 11.8 Å². The smallest absolute Gasteiger partial charge is 0.222 e. The number of nitrogens with two attached hydrogens (primary N) is 1. The number of halogens is 1. The van der Waals surface area contributed by atoms with Crippen LogP contribution in [0.15, 0.2) is 36.5 Å². The molecule has 128 valence electrons. The average Bonchev–Trinajstić information content (AvgIpc) is 2.61. The van der Waals surface area contributed by atoms with Gasteiger partial charge in [0, 0.05) is 55.5 Å². The molecule has 0 radical (unpaired) electrons. The molecule has 2 aromatic heterocycles. The van der Waals surface area contributed by atoms with Gasteiger partial charge in [-0.2, -0.15) is 4.98 Å². The quantitative estimate of drug-likeness (QED) is 0.772. The molecule has 6 nitrogen and oxygen atoms in total. The van der Waals surface area contributed by atoms with Gasteiger partial charge in [-0.25, -0.2) is 9.37 Å². The Morgan fingerprint density at radius 1 is 1.04 bits per heavy atom. The number of piperazine rings is 1. The Hall–Kier alpha value is -2.80. The van der Waals surface area contributed by atoms with Gasteiger partial charge in [0.05, 0.1) is 11.2 Å². The molecule has 0 bridgehead atoms. The van der Waals surface area contributed by atoms with Crippen molar-refractivity contribution in [3.8, 4) is 11.3 Å². The molecule has 7 heteroatoms. The molecule has 4 rings (SSSR count). The molecular formula is C18H19FN6. The number of fused-ring (bicyclic) bond motifs is 1. The number of aromatic nitrogens is 3. The monoisotopic (exact) mass is 338 g/mol. The standard InChI is InChI=1S/C18H19FN6/c1-24-4-6-25(7-5-24)17-10-16(22-18(20)23-17)13-8-12-2-3-14(19)9-15(12)21-11-13/h2-3,8-11H,4-7H2,1H3,(H2,20,22,23). The first kappa shape index (κ1) is 15.7. The second-order valence-corrected chi connectivity index (χ2v) is 6.32. The molecule has 1 aliphatic heterocycles. The number of nitrogen functional groups attached to an aromatic ring is 1. The summed E-state index contributed by atoms with van der Waals surface area (Å²) in [5.41, 5.74) is 8.11. The highest BCUT2D eigenvalue weighted by Crippen LogP contribution is 2.25. The molecule has 0 amide bonds. The summed E-state index contributed by atoms with van der Waals surface area (Å²) in [7, 11) is 2.11. The third-order valence-corrected chi connectivity index (χ3v) is 4.50. The van der Waals surface area contributed by atoms with Gasteiger partial charge in [0.15, 0.2) is 0 Å². The van der Waals surface area contributed by atoms with Crippen LogP contribution in [0.4, 0.5) is 16.2 Å². The molecule has 3 heterocycles. The van der Waals surface area contributed by atoms with Gasteiger partial charge in [-0.1, -0.05) is 0 Å². The third kappa shape index (κ3) is 3.23. The number of hydrogen-bond acceptors (Lipinski definition) is 6. The van der Waals surface area contributed by atoms with E-state index in [4.69, 9.17) is 5.73 Å². The molecule has 1 aliphatic rings. The van der Waals surface area contributed by atoms with E-state index in [9.17, 15) is 4.39 Å². The molecule has 0 atom stereocenters. The van der Waals surface area contributed by atoms with Gasteiger partial charge in [-0.05, 0) is 25.2 Å². The summed E-state index contributed by atoms with van der Waals surface area (Å²) in [5, 5.41) is 0.859. The van der Waals surface area contributed by atoms with Crippen LogP contribution in [0.1, 0.15) is 0 Å². The van der Waals surface area contributed by atoms with Crippen molar-refractivity contribution < 1.29 is 4.39 Å². The maximum atomic E-state index is 13.3. The van der Waals surface area contributed by atoms with Gasteiger partial charge < -0.3 is 15.5 Å². The van der Waals surface area contributed by atoms with Crippen molar-refractivity contribution in [1.82, 2.24) is 19.9 Å². The fraction of sp³-hybridized carbons (Fsp3) is 0.278. The Balaban J connectivity index is 1.71. The number of likely N-dealkylation sites (N-methyl/N-ethyl adjacent to an activating group) is 1. The first-order valence-corrected chi connectivity index (χ1v) is 8.22. The van der Waals surface area contributed by atoms with Crippen molar-refractivity contribution in [3.63, 3.8) is 0 Å². The molecular weight excluding hydrogens is 319 g/mol. The first-order valence-electron chi connectivity index (χ1n) is 8.22. The summed E-state index contributed by atoms with van der Waals surface area (Å²) >= 11 is 0. The number of pyridine rings is 1. The summed E-state index contributed by atoms with van der Waals surface area (Å²) in [4.78, 5) is 17.6. The predicted octanol–water partition coefficient (Wildman–Crippen LogP) is 2.16. The molecule has 0 aliphatic carbocycles. The van der Waals surface area contributed by atoms with E-state index in [1.807, 2.05) is 12.1 Å². The van der Waals surface area contributed by atoms with E-state index in [2.05, 4.69) is 31.8 Å². The van der Waals surface area contributed by atoms with E-state index in [1.165, 1.54) is 12.1 Å². The largest absolute Gasteiger partial charge is 0.368 e. The average molecular weight is 338 g/mol. The van der Waals surface area contributed by atoms with E-state index in [1.54, 1.807) is 12.3 Å². The van der Waals surface area contributed by atoms with Gasteiger partial charge in [0.25, 0.3) is 0 Å². The molecule has 0 saturated carbocycles. The SMILES string of the molecule is CN1CCN(c2cc(-c3cnc4cc(F)ccc4c3)nc(N)n2)CC1. The Bertz CT molecular complexity index is 921. The zero-order chi connectivity index (χ0) is 17.4. The van der Waals surface area contributed by atoms with E-state index in [0.717, 1.165) is 48.6 Å². The highest BCUT2D eigenvalue weighted by atomic mass is 19.1. The van der Waals surface area contributed by atoms with Crippen LogP contribution in [0.5, 0.6) is 0 Å². The van der Waals surface area contributed by atoms with E-state index < -0.39 is 0 Å². The van der Waals surface area contributed by atoms with Crippen LogP contribution in [0.3, 0.4) is 0 Å². The highest BCUT2D eigenvalue weighted by Gasteiger charge is 2.17. The molecule has 25 heavy (non-hydrogen) atoms. The summed E-state index contributed by atoms with van der Waals surface area (Å²) in [6.07, 6.45) is 1.69. The highest BCUT2D eigenvalue weighted by molar-refractivity contribution is 5.83. The number of anilines is 2. The van der Waals surface area contributed by atoms with Crippen molar-refractivity contribution in [2.45, 2.75) is 0 Å². The summed E-state index contributed by atoms with van der Waals surface area (Å²) in [6.45, 7) is 3.79. The van der Waals surface area contributed by atoms with Crippen LogP contribution in [-0.4, -0.2) is 53.1 Å². The predicted molar refractivity (Wildman–Crippen MR) is 96.8 cm³/mol. The third-order valence-electron chi connectivity index (χ3n) is 4.50. The molecule has 1 saturated heterocycles. The second kappa shape index (κ2) is 6.25. The normalized spacial score (nSPS) is 15.7. The molecule has 1 aromatic carbocycles. The maximum Gasteiger partial charge on any atom is 0.222 e. The van der Waals surface area contributed by atoms with Gasteiger partial charge in [0.2, 0.25) is 5.95 Å². The van der Waals surface area contributed by atoms with Crippen molar-refractivity contribution in [2.24, 2.45) is 0 Å². The molecule has 1 fully saturated rings. The van der Waals surface area contributed by atoms with Crippen LogP contribution in [0.25, 0.3) is 22.2 Å². The minimum absolute atomic E-state index is 0.241. The van der Waals surface area contributed by atoms with Crippen LogP contribution < -0.4 is 10.6 Å². The number of benzene rings is 1. The zero-order valence-corrected chi connectivity index (χ0v) is 14.0. The van der Waals surface area contributed by atoms with Crippen molar-refractivity contribution in [1.29, 1.82) is 0 Å². The van der Waals surface area contributed by atoms with Gasteiger partial charge in [-0.3, -0.25) is 4.98 Å². The Morgan fingerprint density at radius 3 is 2.64 bits per heavy atom. The van der Waals surface area contributed by atoms with Gasteiger partial charge >= 0.3 is 0 Å². The van der Waals surface area contributed by atoms with Gasteiger partial charge in [-0.15, -0.1) is 0 Å². The van der Waals surface area contributed by atoms with Crippen LogP contribution in [-0.2, 0) is 0 Å². The van der Waals surface area contributed by atoms with Crippen LogP contribution >= 0.6 is 0 Å². The summed E-state index contributed by atoms with van der Waals surface area (Å²) in [5.74, 6) is 0.775. The molecule has 3 aromatic rings. The maximum absolute atomic E-state index is 13.3. The van der Waals surface area contributed by atoms with Crippen molar-refractivity contribution >= 4 is 22.7 Å². The topological polar surface area (TPSA) is 71.2 Å². The Morgan fingerprint density at radius 2 is 1.84 bits per heavy atom. The first-order chi connectivity index (χ1) is 12.1. The Kier molecular flexibility index (Phi) is 3.93. The number of nitrogens with zero attached hydrogens (tertiary/aromatic N) is 5. The minimum atomic E-state index is -0.295. The minimum Gasteiger partial charge on any atom is -0.368 e.